The highest BCUT2D eigenvalue weighted by Gasteiger charge is 2.14. The summed E-state index contributed by atoms with van der Waals surface area (Å²) in [4.78, 5) is 8.57. The van der Waals surface area contributed by atoms with Gasteiger partial charge in [-0.15, -0.1) is 11.3 Å². The van der Waals surface area contributed by atoms with E-state index in [1.165, 1.54) is 11.3 Å². The van der Waals surface area contributed by atoms with Crippen molar-refractivity contribution in [2.75, 3.05) is 5.73 Å². The summed E-state index contributed by atoms with van der Waals surface area (Å²) in [7, 11) is 0. The van der Waals surface area contributed by atoms with E-state index in [0.717, 1.165) is 21.4 Å². The van der Waals surface area contributed by atoms with Gasteiger partial charge in [0.05, 0.1) is 23.2 Å². The summed E-state index contributed by atoms with van der Waals surface area (Å²) in [5.74, 6) is 0. The molecule has 0 aromatic carbocycles. The van der Waals surface area contributed by atoms with Crippen molar-refractivity contribution in [3.63, 3.8) is 0 Å². The molecule has 0 aliphatic rings. The summed E-state index contributed by atoms with van der Waals surface area (Å²) in [5.41, 5.74) is 7.76. The van der Waals surface area contributed by atoms with Crippen molar-refractivity contribution in [2.24, 2.45) is 0 Å². The Hall–Kier alpha value is -1.36. The summed E-state index contributed by atoms with van der Waals surface area (Å²) >= 11 is 1.51. The predicted molar refractivity (Wildman–Crippen MR) is 62.9 cm³/mol. The van der Waals surface area contributed by atoms with Gasteiger partial charge in [-0.05, 0) is 20.8 Å². The summed E-state index contributed by atoms with van der Waals surface area (Å²) < 4.78 is 2.07. The molecule has 0 spiro atoms. The van der Waals surface area contributed by atoms with Gasteiger partial charge in [0, 0.05) is 6.04 Å². The molecule has 0 amide bonds. The van der Waals surface area contributed by atoms with E-state index in [1.807, 2.05) is 19.4 Å². The summed E-state index contributed by atoms with van der Waals surface area (Å²) in [6, 6.07) is 0.365. The number of nitrogen functional groups attached to an aromatic ring is 1. The lowest BCUT2D eigenvalue weighted by Crippen LogP contribution is -2.02. The molecule has 0 aliphatic carbocycles. The van der Waals surface area contributed by atoms with Gasteiger partial charge in [-0.3, -0.25) is 0 Å². The fourth-order valence-electron chi connectivity index (χ4n) is 1.53. The normalized spacial score (nSPS) is 11.2. The lowest BCUT2D eigenvalue weighted by Gasteiger charge is -2.10. The highest BCUT2D eigenvalue weighted by atomic mass is 32.1. The molecular weight excluding hydrogens is 208 g/mol. The third-order valence-corrected chi connectivity index (χ3v) is 3.03. The first-order valence-corrected chi connectivity index (χ1v) is 5.66. The van der Waals surface area contributed by atoms with E-state index in [-0.39, 0.29) is 0 Å². The second-order valence-corrected chi connectivity index (χ2v) is 4.96. The minimum absolute atomic E-state index is 0.365. The number of aryl methyl sites for hydroxylation is 1. The van der Waals surface area contributed by atoms with Crippen molar-refractivity contribution >= 4 is 16.3 Å². The molecule has 0 saturated heterocycles. The molecule has 0 radical (unpaired) electrons. The van der Waals surface area contributed by atoms with E-state index < -0.39 is 0 Å². The molecule has 0 fully saturated rings. The van der Waals surface area contributed by atoms with Gasteiger partial charge in [0.15, 0.2) is 0 Å². The number of hydrogen-bond acceptors (Lipinski definition) is 4. The minimum Gasteiger partial charge on any atom is -0.389 e. The van der Waals surface area contributed by atoms with Crippen LogP contribution in [0.2, 0.25) is 0 Å². The number of thiazole rings is 1. The number of nitrogens with zero attached hydrogens (tertiary/aromatic N) is 3. The molecule has 0 bridgehead atoms. The number of anilines is 1. The van der Waals surface area contributed by atoms with Gasteiger partial charge in [-0.25, -0.2) is 9.97 Å². The quantitative estimate of drug-likeness (QED) is 0.849. The molecule has 2 rings (SSSR count). The Morgan fingerprint density at radius 3 is 2.73 bits per heavy atom. The third-order valence-electron chi connectivity index (χ3n) is 2.23. The zero-order valence-corrected chi connectivity index (χ0v) is 9.88. The van der Waals surface area contributed by atoms with Gasteiger partial charge in [0.25, 0.3) is 0 Å². The van der Waals surface area contributed by atoms with Crippen molar-refractivity contribution in [3.8, 4) is 11.4 Å². The van der Waals surface area contributed by atoms with Crippen LogP contribution in [0, 0.1) is 6.92 Å². The van der Waals surface area contributed by atoms with Crippen molar-refractivity contribution < 1.29 is 0 Å². The molecule has 80 valence electrons. The average molecular weight is 222 g/mol. The molecule has 0 aliphatic heterocycles. The Morgan fingerprint density at radius 2 is 2.20 bits per heavy atom. The molecule has 0 saturated carbocycles. The summed E-state index contributed by atoms with van der Waals surface area (Å²) in [6.07, 6.45) is 3.62. The highest BCUT2D eigenvalue weighted by molar-refractivity contribution is 7.16. The Morgan fingerprint density at radius 1 is 1.47 bits per heavy atom. The lowest BCUT2D eigenvalue weighted by molar-refractivity contribution is 0.604. The molecule has 2 N–H and O–H groups in total. The number of imidazole rings is 1. The van der Waals surface area contributed by atoms with Gasteiger partial charge in [-0.1, -0.05) is 0 Å². The molecule has 4 nitrogen and oxygen atoms in total. The van der Waals surface area contributed by atoms with Crippen molar-refractivity contribution in [1.82, 2.24) is 14.5 Å². The van der Waals surface area contributed by atoms with Gasteiger partial charge < -0.3 is 10.3 Å². The zero-order valence-electron chi connectivity index (χ0n) is 9.06. The van der Waals surface area contributed by atoms with Gasteiger partial charge in [0.1, 0.15) is 10.7 Å². The summed E-state index contributed by atoms with van der Waals surface area (Å²) in [6.45, 7) is 6.18. The van der Waals surface area contributed by atoms with E-state index in [1.54, 1.807) is 0 Å². The first-order chi connectivity index (χ1) is 7.09. The van der Waals surface area contributed by atoms with Crippen LogP contribution in [0.25, 0.3) is 11.4 Å². The Kier molecular flexibility index (Phi) is 2.48. The van der Waals surface area contributed by atoms with Crippen molar-refractivity contribution in [3.05, 3.63) is 17.5 Å². The van der Waals surface area contributed by atoms with E-state index in [4.69, 9.17) is 5.73 Å². The molecule has 0 atom stereocenters. The van der Waals surface area contributed by atoms with Crippen LogP contribution >= 0.6 is 11.3 Å². The number of nitrogens with two attached hydrogens (primary N) is 1. The fraction of sp³-hybridized carbons (Fsp3) is 0.400. The molecule has 0 unspecified atom stereocenters. The van der Waals surface area contributed by atoms with Crippen LogP contribution in [0.5, 0.6) is 0 Å². The van der Waals surface area contributed by atoms with Gasteiger partial charge >= 0.3 is 0 Å². The monoisotopic (exact) mass is 222 g/mol. The maximum atomic E-state index is 5.92. The van der Waals surface area contributed by atoms with Crippen molar-refractivity contribution in [2.45, 2.75) is 26.8 Å². The van der Waals surface area contributed by atoms with E-state index in [9.17, 15) is 0 Å². The van der Waals surface area contributed by atoms with Crippen molar-refractivity contribution in [1.29, 1.82) is 0 Å². The second kappa shape index (κ2) is 3.66. The minimum atomic E-state index is 0.365. The maximum Gasteiger partial charge on any atom is 0.123 e. The van der Waals surface area contributed by atoms with Crippen LogP contribution in [0.1, 0.15) is 24.9 Å². The van der Waals surface area contributed by atoms with Crippen LogP contribution in [0.4, 0.5) is 5.00 Å². The topological polar surface area (TPSA) is 56.7 Å². The van der Waals surface area contributed by atoms with E-state index >= 15 is 0 Å². The number of aromatic nitrogens is 3. The van der Waals surface area contributed by atoms with Crippen LogP contribution < -0.4 is 5.73 Å². The number of rotatable bonds is 2. The first kappa shape index (κ1) is 10.2. The van der Waals surface area contributed by atoms with E-state index in [0.29, 0.717) is 6.04 Å². The predicted octanol–water partition coefficient (Wildman–Crippen LogP) is 2.48. The van der Waals surface area contributed by atoms with Gasteiger partial charge in [0.2, 0.25) is 0 Å². The highest BCUT2D eigenvalue weighted by Crippen LogP contribution is 2.31. The SMILES string of the molecule is Cc1nc(-c2cncn2C(C)C)c(N)s1. The summed E-state index contributed by atoms with van der Waals surface area (Å²) in [5, 5.41) is 1.74. The molecule has 5 heteroatoms. The van der Waals surface area contributed by atoms with Crippen LogP contribution in [0.15, 0.2) is 12.5 Å². The van der Waals surface area contributed by atoms with Crippen LogP contribution in [-0.2, 0) is 0 Å². The van der Waals surface area contributed by atoms with E-state index in [2.05, 4.69) is 28.4 Å². The zero-order chi connectivity index (χ0) is 11.0. The number of hydrogen-bond donors (Lipinski definition) is 1. The molecule has 2 aromatic rings. The molecule has 15 heavy (non-hydrogen) atoms. The molecule has 2 heterocycles. The maximum absolute atomic E-state index is 5.92. The van der Waals surface area contributed by atoms with Crippen LogP contribution in [0.3, 0.4) is 0 Å². The largest absolute Gasteiger partial charge is 0.389 e. The Bertz CT molecular complexity index is 469. The standard InChI is InChI=1S/C10H14N4S/c1-6(2)14-5-12-4-8(14)9-10(11)15-7(3)13-9/h4-6H,11H2,1-3H3. The smallest absolute Gasteiger partial charge is 0.123 e. The molecular formula is C10H14N4S. The molecule has 2 aromatic heterocycles. The second-order valence-electron chi connectivity index (χ2n) is 3.73. The third kappa shape index (κ3) is 1.74. The lowest BCUT2D eigenvalue weighted by atomic mass is 10.3. The van der Waals surface area contributed by atoms with Gasteiger partial charge in [-0.2, -0.15) is 0 Å². The van der Waals surface area contributed by atoms with Crippen LogP contribution in [-0.4, -0.2) is 14.5 Å². The first-order valence-electron chi connectivity index (χ1n) is 4.84. The Labute approximate surface area is 92.8 Å². The fourth-order valence-corrected chi connectivity index (χ4v) is 2.23. The average Bonchev–Trinajstić information content (AvgIpc) is 2.71. The Balaban J connectivity index is 2.54.